The second-order valence-corrected chi connectivity index (χ2v) is 6.41. The maximum absolute atomic E-state index is 11.4. The summed E-state index contributed by atoms with van der Waals surface area (Å²) in [5.74, 6) is -0.394. The second-order valence-electron chi connectivity index (χ2n) is 3.88. The van der Waals surface area contributed by atoms with E-state index in [1.165, 1.54) is 0 Å². The van der Waals surface area contributed by atoms with Crippen molar-refractivity contribution < 1.29 is 22.9 Å². The Morgan fingerprint density at radius 2 is 2.14 bits per heavy atom. The van der Waals surface area contributed by atoms with Crippen molar-refractivity contribution in [3.05, 3.63) is 28.3 Å². The molecule has 116 valence electrons. The summed E-state index contributed by atoms with van der Waals surface area (Å²) >= 11 is 0. The Labute approximate surface area is 125 Å². The van der Waals surface area contributed by atoms with Crippen molar-refractivity contribution >= 4 is 31.3 Å². The number of nitrogens with one attached hydrogen (secondary N) is 1. The normalized spacial score (nSPS) is 11.0. The minimum atomic E-state index is -4.21. The highest BCUT2D eigenvalue weighted by molar-refractivity contribution is 8.13. The second kappa shape index (κ2) is 7.23. The van der Waals surface area contributed by atoms with Gasteiger partial charge in [-0.15, -0.1) is 0 Å². The van der Waals surface area contributed by atoms with Gasteiger partial charge in [-0.3, -0.25) is 14.9 Å². The lowest BCUT2D eigenvalue weighted by Crippen LogP contribution is -2.24. The zero-order valence-corrected chi connectivity index (χ0v) is 12.6. The summed E-state index contributed by atoms with van der Waals surface area (Å²) in [6, 6.07) is 3.03. The molecule has 0 radical (unpaired) electrons. The molecule has 0 heterocycles. The molecule has 1 N–H and O–H groups in total. The summed E-state index contributed by atoms with van der Waals surface area (Å²) in [5, 5.41) is 13.2. The number of nitro benzene ring substituents is 1. The average molecular weight is 337 g/mol. The predicted octanol–water partition coefficient (Wildman–Crippen LogP) is 1.43. The van der Waals surface area contributed by atoms with Crippen LogP contribution < -0.4 is 10.1 Å². The molecule has 1 rings (SSSR count). The van der Waals surface area contributed by atoms with Gasteiger partial charge in [0.05, 0.1) is 18.0 Å². The number of benzene rings is 1. The van der Waals surface area contributed by atoms with Gasteiger partial charge in [0.1, 0.15) is 10.6 Å². The first-order valence-electron chi connectivity index (χ1n) is 5.88. The van der Waals surface area contributed by atoms with Gasteiger partial charge in [-0.25, -0.2) is 8.42 Å². The zero-order chi connectivity index (χ0) is 16.0. The molecule has 0 aliphatic heterocycles. The number of carbonyl (C=O) groups excluding carboxylic acids is 1. The molecule has 0 atom stereocenters. The molecule has 0 aliphatic carbocycles. The first kappa shape index (κ1) is 17.2. The molecule has 0 unspecified atom stereocenters. The van der Waals surface area contributed by atoms with Crippen LogP contribution in [0.5, 0.6) is 5.75 Å². The van der Waals surface area contributed by atoms with Crippen LogP contribution in [0.4, 0.5) is 5.69 Å². The first-order valence-corrected chi connectivity index (χ1v) is 8.19. The van der Waals surface area contributed by atoms with Crippen LogP contribution in [-0.2, 0) is 13.8 Å². The molecule has 0 bridgehead atoms. The van der Waals surface area contributed by atoms with Gasteiger partial charge in [0.15, 0.2) is 0 Å². The monoisotopic (exact) mass is 336 g/mol. The van der Waals surface area contributed by atoms with Gasteiger partial charge in [-0.05, 0) is 13.0 Å². The number of carbonyl (C=O) groups is 1. The van der Waals surface area contributed by atoms with E-state index in [-0.39, 0.29) is 24.7 Å². The number of hydrogen-bond donors (Lipinski definition) is 1. The fourth-order valence-corrected chi connectivity index (χ4v) is 2.45. The smallest absolute Gasteiger partial charge is 0.271 e. The largest absolute Gasteiger partial charge is 0.492 e. The number of hydrogen-bond acceptors (Lipinski definition) is 6. The van der Waals surface area contributed by atoms with Crippen molar-refractivity contribution in [2.45, 2.75) is 18.2 Å². The Morgan fingerprint density at radius 3 is 2.67 bits per heavy atom. The fraction of sp³-hybridized carbons (Fsp3) is 0.364. The number of nitrogens with zero attached hydrogens (tertiary/aromatic N) is 1. The molecular weight excluding hydrogens is 324 g/mol. The Balaban J connectivity index is 2.92. The van der Waals surface area contributed by atoms with Crippen LogP contribution in [0.3, 0.4) is 0 Å². The Hall–Kier alpha value is -1.87. The van der Waals surface area contributed by atoms with Crippen LogP contribution in [0, 0.1) is 10.1 Å². The highest BCUT2D eigenvalue weighted by Gasteiger charge is 2.21. The van der Waals surface area contributed by atoms with Crippen LogP contribution in [0.15, 0.2) is 23.1 Å². The minimum Gasteiger partial charge on any atom is -0.492 e. The maximum Gasteiger partial charge on any atom is 0.271 e. The molecule has 21 heavy (non-hydrogen) atoms. The molecule has 0 aromatic heterocycles. The number of ether oxygens (including phenoxy) is 1. The van der Waals surface area contributed by atoms with Gasteiger partial charge in [0.25, 0.3) is 14.7 Å². The lowest BCUT2D eigenvalue weighted by atomic mass is 10.3. The number of nitro groups is 1. The predicted molar refractivity (Wildman–Crippen MR) is 74.9 cm³/mol. The molecule has 1 aromatic rings. The molecular formula is C11H13ClN2O6S. The third-order valence-electron chi connectivity index (χ3n) is 2.36. The Bertz CT molecular complexity index is 646. The molecule has 0 saturated heterocycles. The quantitative estimate of drug-likeness (QED) is 0.457. The Morgan fingerprint density at radius 1 is 1.48 bits per heavy atom. The molecule has 10 heteroatoms. The summed E-state index contributed by atoms with van der Waals surface area (Å²) in [6.07, 6.45) is 0.0204. The summed E-state index contributed by atoms with van der Waals surface area (Å²) in [6.45, 7) is 2.15. The maximum atomic E-state index is 11.4. The van der Waals surface area contributed by atoms with Crippen LogP contribution in [-0.4, -0.2) is 32.4 Å². The highest BCUT2D eigenvalue weighted by atomic mass is 35.7. The van der Waals surface area contributed by atoms with Crippen molar-refractivity contribution in [3.8, 4) is 5.75 Å². The number of rotatable bonds is 7. The first-order chi connectivity index (χ1) is 9.75. The Kier molecular flexibility index (Phi) is 5.91. The molecule has 0 spiro atoms. The van der Waals surface area contributed by atoms with Gasteiger partial charge >= 0.3 is 0 Å². The number of non-ortho nitro benzene ring substituents is 1. The van der Waals surface area contributed by atoms with Gasteiger partial charge in [-0.1, -0.05) is 0 Å². The third-order valence-corrected chi connectivity index (χ3v) is 3.70. The van der Waals surface area contributed by atoms with Gasteiger partial charge in [-0.2, -0.15) is 0 Å². The van der Waals surface area contributed by atoms with E-state index in [9.17, 15) is 23.3 Å². The lowest BCUT2D eigenvalue weighted by molar-refractivity contribution is -0.385. The molecule has 1 aromatic carbocycles. The fourth-order valence-electron chi connectivity index (χ4n) is 1.46. The molecule has 0 saturated carbocycles. The van der Waals surface area contributed by atoms with E-state index in [4.69, 9.17) is 15.4 Å². The van der Waals surface area contributed by atoms with E-state index in [1.807, 2.05) is 0 Å². The van der Waals surface area contributed by atoms with E-state index in [2.05, 4.69) is 5.32 Å². The van der Waals surface area contributed by atoms with E-state index < -0.39 is 24.6 Å². The molecule has 0 fully saturated rings. The SMILES string of the molecule is CCNC(=O)CCOc1ccc([N+](=O)[O-])cc1S(=O)(=O)Cl. The highest BCUT2D eigenvalue weighted by Crippen LogP contribution is 2.30. The van der Waals surface area contributed by atoms with Crippen LogP contribution in [0.1, 0.15) is 13.3 Å². The topological polar surface area (TPSA) is 116 Å². The van der Waals surface area contributed by atoms with Crippen molar-refractivity contribution in [1.82, 2.24) is 5.32 Å². The van der Waals surface area contributed by atoms with Crippen molar-refractivity contribution in [2.24, 2.45) is 0 Å². The lowest BCUT2D eigenvalue weighted by Gasteiger charge is -2.09. The van der Waals surface area contributed by atoms with E-state index in [0.717, 1.165) is 18.2 Å². The summed E-state index contributed by atoms with van der Waals surface area (Å²) < 4.78 is 28.0. The summed E-state index contributed by atoms with van der Waals surface area (Å²) in [7, 11) is 1.01. The van der Waals surface area contributed by atoms with Gasteiger partial charge in [0.2, 0.25) is 5.91 Å². The van der Waals surface area contributed by atoms with Crippen molar-refractivity contribution in [3.63, 3.8) is 0 Å². The van der Waals surface area contributed by atoms with Gasteiger partial charge < -0.3 is 10.1 Å². The van der Waals surface area contributed by atoms with Crippen LogP contribution in [0.2, 0.25) is 0 Å². The summed E-state index contributed by atoms with van der Waals surface area (Å²) in [4.78, 5) is 20.6. The standard InChI is InChI=1S/C11H13ClN2O6S/c1-2-13-11(15)5-6-20-9-4-3-8(14(16)17)7-10(9)21(12,18)19/h3-4,7H,2,5-6H2,1H3,(H,13,15). The molecule has 0 aliphatic rings. The van der Waals surface area contributed by atoms with E-state index in [0.29, 0.717) is 6.54 Å². The van der Waals surface area contributed by atoms with Crippen molar-refractivity contribution in [1.29, 1.82) is 0 Å². The minimum absolute atomic E-state index is 0.0204. The van der Waals surface area contributed by atoms with Gasteiger partial charge in [0, 0.05) is 29.4 Å². The van der Waals surface area contributed by atoms with Crippen molar-refractivity contribution in [2.75, 3.05) is 13.2 Å². The summed E-state index contributed by atoms with van der Waals surface area (Å²) in [5.41, 5.74) is -0.426. The van der Waals surface area contributed by atoms with Crippen LogP contribution in [0.25, 0.3) is 0 Å². The number of amides is 1. The number of halogens is 1. The van der Waals surface area contributed by atoms with E-state index in [1.54, 1.807) is 6.92 Å². The van der Waals surface area contributed by atoms with Crippen LogP contribution >= 0.6 is 10.7 Å². The average Bonchev–Trinajstić information content (AvgIpc) is 2.37. The zero-order valence-electron chi connectivity index (χ0n) is 11.0. The van der Waals surface area contributed by atoms with E-state index >= 15 is 0 Å². The molecule has 1 amide bonds. The molecule has 8 nitrogen and oxygen atoms in total. The third kappa shape index (κ3) is 5.20.